The Morgan fingerprint density at radius 2 is 2.12 bits per heavy atom. The molecule has 1 unspecified atom stereocenters. The molecule has 0 radical (unpaired) electrons. The van der Waals surface area contributed by atoms with Crippen LogP contribution in [0.4, 0.5) is 0 Å². The number of methoxy groups -OCH3 is 1. The smallest absolute Gasteiger partial charge is 0.329 e. The number of aryl methyl sites for hydroxylation is 1. The van der Waals surface area contributed by atoms with Gasteiger partial charge in [0, 0.05) is 38.1 Å². The highest BCUT2D eigenvalue weighted by atomic mass is 16.5. The second-order valence-electron chi connectivity index (χ2n) is 7.65. The van der Waals surface area contributed by atoms with E-state index in [2.05, 4.69) is 10.3 Å². The molecule has 1 aliphatic rings. The first-order chi connectivity index (χ1) is 15.6. The lowest BCUT2D eigenvalue weighted by Crippen LogP contribution is -2.29. The lowest BCUT2D eigenvalue weighted by molar-refractivity contribution is 0.276. The van der Waals surface area contributed by atoms with Crippen molar-refractivity contribution in [1.29, 1.82) is 5.41 Å². The molecule has 2 aromatic carbocycles. The molecule has 2 N–H and O–H groups in total. The minimum atomic E-state index is -0.319. The highest BCUT2D eigenvalue weighted by Crippen LogP contribution is 2.45. The fourth-order valence-electron chi connectivity index (χ4n) is 4.49. The maximum atomic E-state index is 13.4. The molecule has 4 aromatic rings. The van der Waals surface area contributed by atoms with Crippen LogP contribution in [0.5, 0.6) is 11.5 Å². The fourth-order valence-corrected chi connectivity index (χ4v) is 4.49. The van der Waals surface area contributed by atoms with Gasteiger partial charge in [-0.3, -0.25) is 14.1 Å². The lowest BCUT2D eigenvalue weighted by atomic mass is 10.0. The summed E-state index contributed by atoms with van der Waals surface area (Å²) in [5.74, 6) is 1.10. The Labute approximate surface area is 184 Å². The van der Waals surface area contributed by atoms with Crippen molar-refractivity contribution < 1.29 is 9.47 Å². The second-order valence-corrected chi connectivity index (χ2v) is 7.65. The molecule has 0 fully saturated rings. The quantitative estimate of drug-likeness (QED) is 0.476. The second kappa shape index (κ2) is 7.56. The van der Waals surface area contributed by atoms with Gasteiger partial charge in [-0.1, -0.05) is 30.3 Å². The summed E-state index contributed by atoms with van der Waals surface area (Å²) in [5.41, 5.74) is 4.25. The van der Waals surface area contributed by atoms with E-state index < -0.39 is 0 Å². The third-order valence-electron chi connectivity index (χ3n) is 5.97. The number of hydrogen-bond acceptors (Lipinski definition) is 6. The van der Waals surface area contributed by atoms with Crippen LogP contribution in [0.1, 0.15) is 17.2 Å². The summed E-state index contributed by atoms with van der Waals surface area (Å²) in [4.78, 5) is 18.0. The first-order valence-corrected chi connectivity index (χ1v) is 10.3. The molecule has 8 heteroatoms. The molecule has 8 nitrogen and oxygen atoms in total. The van der Waals surface area contributed by atoms with Crippen molar-refractivity contribution >= 4 is 33.7 Å². The first kappa shape index (κ1) is 19.9. The van der Waals surface area contributed by atoms with Crippen LogP contribution in [0.3, 0.4) is 0 Å². The highest BCUT2D eigenvalue weighted by molar-refractivity contribution is 6.16. The van der Waals surface area contributed by atoms with E-state index >= 15 is 0 Å². The van der Waals surface area contributed by atoms with Gasteiger partial charge in [0.2, 0.25) is 0 Å². The Morgan fingerprint density at radius 3 is 2.81 bits per heavy atom. The minimum Gasteiger partial charge on any atom is -0.496 e. The topological polar surface area (TPSA) is 94.2 Å². The largest absolute Gasteiger partial charge is 0.496 e. The minimum absolute atomic E-state index is 0.130. The number of aromatic nitrogens is 3. The number of benzene rings is 2. The lowest BCUT2D eigenvalue weighted by Gasteiger charge is -2.19. The molecule has 3 heterocycles. The Bertz CT molecular complexity index is 1450. The van der Waals surface area contributed by atoms with Crippen LogP contribution in [-0.2, 0) is 7.05 Å². The Balaban J connectivity index is 1.96. The first-order valence-electron chi connectivity index (χ1n) is 10.3. The number of rotatable bonds is 5. The normalized spacial score (nSPS) is 15.6. The van der Waals surface area contributed by atoms with Crippen LogP contribution < -0.4 is 20.5 Å². The van der Waals surface area contributed by atoms with Gasteiger partial charge in [-0.2, -0.15) is 0 Å². The molecule has 1 atom stereocenters. The van der Waals surface area contributed by atoms with Gasteiger partial charge in [-0.25, -0.2) is 4.79 Å². The molecule has 5 rings (SSSR count). The average Bonchev–Trinajstić information content (AvgIpc) is 2.97. The molecule has 2 aromatic heterocycles. The molecule has 1 aliphatic heterocycles. The average molecular weight is 429 g/mol. The van der Waals surface area contributed by atoms with Crippen molar-refractivity contribution in [1.82, 2.24) is 19.4 Å². The van der Waals surface area contributed by atoms with Gasteiger partial charge in [0.25, 0.3) is 0 Å². The van der Waals surface area contributed by atoms with Gasteiger partial charge in [0.1, 0.15) is 18.1 Å². The molecule has 0 saturated carbocycles. The number of imidazole rings is 1. The van der Waals surface area contributed by atoms with Crippen LogP contribution in [0.25, 0.3) is 27.5 Å². The van der Waals surface area contributed by atoms with Crippen molar-refractivity contribution in [2.75, 3.05) is 20.8 Å². The van der Waals surface area contributed by atoms with E-state index in [1.807, 2.05) is 36.4 Å². The summed E-state index contributed by atoms with van der Waals surface area (Å²) < 4.78 is 15.5. The summed E-state index contributed by atoms with van der Waals surface area (Å²) in [6.45, 7) is 0.248. The maximum absolute atomic E-state index is 13.4. The molecule has 32 heavy (non-hydrogen) atoms. The predicted molar refractivity (Wildman–Crippen MR) is 125 cm³/mol. The van der Waals surface area contributed by atoms with Crippen LogP contribution in [0.15, 0.2) is 53.6 Å². The van der Waals surface area contributed by atoms with E-state index in [4.69, 9.17) is 14.9 Å². The molecular formula is C24H23N5O3. The van der Waals surface area contributed by atoms with Crippen molar-refractivity contribution in [3.8, 4) is 11.5 Å². The number of hydrogen-bond donors (Lipinski definition) is 2. The summed E-state index contributed by atoms with van der Waals surface area (Å²) in [5, 5.41) is 11.7. The standard InChI is InChI=1S/C24H23N5O3/c1-26-11-15(10-25)20-19(31-3)9-16-21-22-17(12-27-16)28(2)24(30)29(22)18(13-32-23(20)21)14-7-5-4-6-8-14/h4-12,18,25-26H,13H2,1-3H3/b15-11+,25-10?. The van der Waals surface area contributed by atoms with Gasteiger partial charge in [0.15, 0.2) is 0 Å². The van der Waals surface area contributed by atoms with Crippen LogP contribution >= 0.6 is 0 Å². The molecular weight excluding hydrogens is 406 g/mol. The number of ether oxygens (including phenoxy) is 2. The van der Waals surface area contributed by atoms with Crippen molar-refractivity contribution in [3.05, 3.63) is 70.4 Å². The Kier molecular flexibility index (Phi) is 4.70. The molecule has 0 bridgehead atoms. The van der Waals surface area contributed by atoms with Gasteiger partial charge in [-0.15, -0.1) is 0 Å². The monoisotopic (exact) mass is 429 g/mol. The van der Waals surface area contributed by atoms with Gasteiger partial charge >= 0.3 is 5.69 Å². The van der Waals surface area contributed by atoms with E-state index in [9.17, 15) is 4.79 Å². The van der Waals surface area contributed by atoms with E-state index in [-0.39, 0.29) is 18.3 Å². The number of nitrogens with one attached hydrogen (secondary N) is 2. The van der Waals surface area contributed by atoms with Crippen molar-refractivity contribution in [2.45, 2.75) is 6.04 Å². The van der Waals surface area contributed by atoms with E-state index in [0.29, 0.717) is 28.2 Å². The van der Waals surface area contributed by atoms with Crippen molar-refractivity contribution in [2.24, 2.45) is 7.05 Å². The van der Waals surface area contributed by atoms with Gasteiger partial charge in [-0.05, 0) is 5.56 Å². The van der Waals surface area contributed by atoms with Gasteiger partial charge < -0.3 is 20.2 Å². The summed E-state index contributed by atoms with van der Waals surface area (Å²) in [6.07, 6.45) is 4.69. The summed E-state index contributed by atoms with van der Waals surface area (Å²) in [7, 11) is 5.11. The fraction of sp³-hybridized carbons (Fsp3) is 0.208. The molecule has 162 valence electrons. The maximum Gasteiger partial charge on any atom is 0.329 e. The van der Waals surface area contributed by atoms with Crippen LogP contribution in [-0.4, -0.2) is 41.1 Å². The number of allylic oxidation sites excluding steroid dienone is 1. The predicted octanol–water partition coefficient (Wildman–Crippen LogP) is 3.09. The van der Waals surface area contributed by atoms with E-state index in [1.54, 1.807) is 42.7 Å². The van der Waals surface area contributed by atoms with Gasteiger partial charge in [0.05, 0.1) is 46.8 Å². The van der Waals surface area contributed by atoms with Crippen LogP contribution in [0, 0.1) is 5.41 Å². The summed E-state index contributed by atoms with van der Waals surface area (Å²) in [6, 6.07) is 11.4. The summed E-state index contributed by atoms with van der Waals surface area (Å²) >= 11 is 0. The third kappa shape index (κ3) is 2.72. The highest BCUT2D eigenvalue weighted by Gasteiger charge is 2.31. The zero-order chi connectivity index (χ0) is 22.4. The number of pyridine rings is 1. The molecule has 0 amide bonds. The van der Waals surface area contributed by atoms with E-state index in [1.165, 1.54) is 6.21 Å². The zero-order valence-corrected chi connectivity index (χ0v) is 18.0. The SMILES string of the molecule is CN/C=C(\C=N)c1c(OC)cc2ncc3c4c2c1OCC(c1ccccc1)n4c(=O)n3C. The molecule has 0 spiro atoms. The molecule has 0 saturated heterocycles. The zero-order valence-electron chi connectivity index (χ0n) is 18.0. The van der Waals surface area contributed by atoms with E-state index in [0.717, 1.165) is 22.0 Å². The third-order valence-corrected chi connectivity index (χ3v) is 5.97. The Hall–Kier alpha value is -4.07. The Morgan fingerprint density at radius 1 is 1.34 bits per heavy atom. The molecule has 0 aliphatic carbocycles. The van der Waals surface area contributed by atoms with Crippen molar-refractivity contribution in [3.63, 3.8) is 0 Å². The van der Waals surface area contributed by atoms with Crippen LogP contribution in [0.2, 0.25) is 0 Å². The number of nitrogens with zero attached hydrogens (tertiary/aromatic N) is 3.